The van der Waals surface area contributed by atoms with Crippen molar-refractivity contribution in [3.8, 4) is 5.75 Å². The zero-order valence-electron chi connectivity index (χ0n) is 15.3. The zero-order chi connectivity index (χ0) is 20.3. The fourth-order valence-electron chi connectivity index (χ4n) is 3.05. The number of ether oxygens (including phenoxy) is 1. The first-order chi connectivity index (χ1) is 13.4. The van der Waals surface area contributed by atoms with Crippen molar-refractivity contribution in [2.75, 3.05) is 33.3 Å². The van der Waals surface area contributed by atoms with Gasteiger partial charge in [0, 0.05) is 26.2 Å². The summed E-state index contributed by atoms with van der Waals surface area (Å²) < 4.78 is 45.3. The predicted octanol–water partition coefficient (Wildman–Crippen LogP) is 2.64. The largest absolute Gasteiger partial charge is 0.497 e. The van der Waals surface area contributed by atoms with Crippen LogP contribution in [-0.4, -0.2) is 54.9 Å². The van der Waals surface area contributed by atoms with Crippen LogP contribution in [0, 0.1) is 17.5 Å². The third-order valence-electron chi connectivity index (χ3n) is 4.70. The summed E-state index contributed by atoms with van der Waals surface area (Å²) in [5.74, 6) is -4.62. The van der Waals surface area contributed by atoms with E-state index in [0.29, 0.717) is 5.75 Å². The zero-order valence-corrected chi connectivity index (χ0v) is 15.3. The van der Waals surface area contributed by atoms with Gasteiger partial charge < -0.3 is 14.5 Å². The molecule has 148 valence electrons. The second-order valence-electron chi connectivity index (χ2n) is 6.42. The summed E-state index contributed by atoms with van der Waals surface area (Å²) in [4.78, 5) is 27.8. The molecule has 1 aliphatic rings. The summed E-state index contributed by atoms with van der Waals surface area (Å²) in [5.41, 5.74) is 0.324. The van der Waals surface area contributed by atoms with E-state index in [9.17, 15) is 22.8 Å². The van der Waals surface area contributed by atoms with Crippen molar-refractivity contribution in [1.29, 1.82) is 0 Å². The number of carbonyl (C=O) groups is 2. The average Bonchev–Trinajstić information content (AvgIpc) is 2.72. The lowest BCUT2D eigenvalue weighted by Gasteiger charge is -2.35. The molecule has 0 aromatic heterocycles. The van der Waals surface area contributed by atoms with Crippen LogP contribution in [0.5, 0.6) is 5.75 Å². The van der Waals surface area contributed by atoms with Crippen LogP contribution in [0.1, 0.15) is 15.9 Å². The highest BCUT2D eigenvalue weighted by atomic mass is 19.2. The van der Waals surface area contributed by atoms with Crippen LogP contribution in [-0.2, 0) is 11.2 Å². The molecular weight excluding hydrogens is 373 g/mol. The van der Waals surface area contributed by atoms with Crippen LogP contribution >= 0.6 is 0 Å². The SMILES string of the molecule is COc1ccc(CC(=O)N2CCN(C(=O)c3ccc(F)c(F)c3F)CC2)cc1. The van der Waals surface area contributed by atoms with E-state index < -0.39 is 28.9 Å². The summed E-state index contributed by atoms with van der Waals surface area (Å²) in [7, 11) is 1.56. The molecule has 1 aliphatic heterocycles. The van der Waals surface area contributed by atoms with Gasteiger partial charge in [0.15, 0.2) is 17.5 Å². The van der Waals surface area contributed by atoms with E-state index >= 15 is 0 Å². The number of hydrogen-bond donors (Lipinski definition) is 0. The van der Waals surface area contributed by atoms with Gasteiger partial charge in [0.25, 0.3) is 5.91 Å². The van der Waals surface area contributed by atoms with Gasteiger partial charge in [-0.1, -0.05) is 12.1 Å². The Labute approximate surface area is 160 Å². The van der Waals surface area contributed by atoms with Crippen LogP contribution in [0.25, 0.3) is 0 Å². The predicted molar refractivity (Wildman–Crippen MR) is 95.5 cm³/mol. The maximum atomic E-state index is 13.8. The molecule has 0 saturated carbocycles. The molecule has 1 fully saturated rings. The number of piperazine rings is 1. The van der Waals surface area contributed by atoms with Gasteiger partial charge >= 0.3 is 0 Å². The van der Waals surface area contributed by atoms with Crippen molar-refractivity contribution in [3.05, 3.63) is 65.0 Å². The summed E-state index contributed by atoms with van der Waals surface area (Å²) in [6, 6.07) is 8.81. The molecule has 3 rings (SSSR count). The van der Waals surface area contributed by atoms with Crippen molar-refractivity contribution in [3.63, 3.8) is 0 Å². The Morgan fingerprint density at radius 2 is 1.50 bits per heavy atom. The normalized spacial score (nSPS) is 14.1. The van der Waals surface area contributed by atoms with E-state index in [1.807, 2.05) is 12.1 Å². The molecule has 8 heteroatoms. The maximum Gasteiger partial charge on any atom is 0.257 e. The first kappa shape index (κ1) is 19.7. The van der Waals surface area contributed by atoms with Crippen molar-refractivity contribution >= 4 is 11.8 Å². The Kier molecular flexibility index (Phi) is 5.87. The number of rotatable bonds is 4. The maximum absolute atomic E-state index is 13.8. The Balaban J connectivity index is 1.58. The van der Waals surface area contributed by atoms with Crippen molar-refractivity contribution < 1.29 is 27.5 Å². The van der Waals surface area contributed by atoms with E-state index in [2.05, 4.69) is 0 Å². The van der Waals surface area contributed by atoms with Gasteiger partial charge in [0.05, 0.1) is 19.1 Å². The smallest absolute Gasteiger partial charge is 0.257 e. The second-order valence-corrected chi connectivity index (χ2v) is 6.42. The lowest BCUT2D eigenvalue weighted by molar-refractivity contribution is -0.131. The summed E-state index contributed by atoms with van der Waals surface area (Å²) in [5, 5.41) is 0. The van der Waals surface area contributed by atoms with Crippen molar-refractivity contribution in [2.45, 2.75) is 6.42 Å². The number of methoxy groups -OCH3 is 1. The Hall–Kier alpha value is -3.03. The minimum atomic E-state index is -1.67. The standard InChI is InChI=1S/C20H19F3N2O3/c1-28-14-4-2-13(3-5-14)12-17(26)24-8-10-25(11-9-24)20(27)15-6-7-16(21)19(23)18(15)22/h2-7H,8-12H2,1H3. The molecule has 0 N–H and O–H groups in total. The third-order valence-corrected chi connectivity index (χ3v) is 4.70. The first-order valence-corrected chi connectivity index (χ1v) is 8.74. The lowest BCUT2D eigenvalue weighted by atomic mass is 10.1. The molecule has 1 saturated heterocycles. The number of halogens is 3. The highest BCUT2D eigenvalue weighted by Crippen LogP contribution is 2.18. The van der Waals surface area contributed by atoms with Gasteiger partial charge in [-0.25, -0.2) is 13.2 Å². The summed E-state index contributed by atoms with van der Waals surface area (Å²) >= 11 is 0. The van der Waals surface area contributed by atoms with E-state index in [1.165, 1.54) is 4.90 Å². The number of nitrogens with zero attached hydrogens (tertiary/aromatic N) is 2. The molecule has 0 radical (unpaired) electrons. The number of amides is 2. The fourth-order valence-corrected chi connectivity index (χ4v) is 3.05. The molecule has 0 aliphatic carbocycles. The molecule has 0 atom stereocenters. The average molecular weight is 392 g/mol. The van der Waals surface area contributed by atoms with E-state index in [0.717, 1.165) is 17.7 Å². The monoisotopic (exact) mass is 392 g/mol. The number of carbonyl (C=O) groups excluding carboxylic acids is 2. The van der Waals surface area contributed by atoms with Gasteiger partial charge in [0.2, 0.25) is 5.91 Å². The van der Waals surface area contributed by atoms with Crippen LogP contribution in [0.4, 0.5) is 13.2 Å². The van der Waals surface area contributed by atoms with Crippen LogP contribution < -0.4 is 4.74 Å². The van der Waals surface area contributed by atoms with Crippen LogP contribution in [0.2, 0.25) is 0 Å². The fraction of sp³-hybridized carbons (Fsp3) is 0.300. The molecular formula is C20H19F3N2O3. The summed E-state index contributed by atoms with van der Waals surface area (Å²) in [6.45, 7) is 0.940. The van der Waals surface area contributed by atoms with Gasteiger partial charge in [-0.05, 0) is 29.8 Å². The van der Waals surface area contributed by atoms with E-state index in [1.54, 1.807) is 24.1 Å². The Morgan fingerprint density at radius 3 is 2.11 bits per heavy atom. The highest BCUT2D eigenvalue weighted by molar-refractivity contribution is 5.94. The molecule has 28 heavy (non-hydrogen) atoms. The molecule has 1 heterocycles. The molecule has 5 nitrogen and oxygen atoms in total. The molecule has 0 unspecified atom stereocenters. The second kappa shape index (κ2) is 8.33. The van der Waals surface area contributed by atoms with Gasteiger partial charge in [-0.2, -0.15) is 0 Å². The number of hydrogen-bond acceptors (Lipinski definition) is 3. The topological polar surface area (TPSA) is 49.9 Å². The van der Waals surface area contributed by atoms with E-state index in [-0.39, 0.29) is 38.5 Å². The number of benzene rings is 2. The molecule has 2 aromatic carbocycles. The van der Waals surface area contributed by atoms with Crippen LogP contribution in [0.15, 0.2) is 36.4 Å². The van der Waals surface area contributed by atoms with Crippen molar-refractivity contribution in [1.82, 2.24) is 9.80 Å². The minimum Gasteiger partial charge on any atom is -0.497 e. The quantitative estimate of drug-likeness (QED) is 0.752. The first-order valence-electron chi connectivity index (χ1n) is 8.74. The molecule has 0 bridgehead atoms. The van der Waals surface area contributed by atoms with Crippen molar-refractivity contribution in [2.24, 2.45) is 0 Å². The third kappa shape index (κ3) is 4.11. The van der Waals surface area contributed by atoms with Gasteiger partial charge in [-0.15, -0.1) is 0 Å². The lowest BCUT2D eigenvalue weighted by Crippen LogP contribution is -2.51. The Bertz CT molecular complexity index is 879. The van der Waals surface area contributed by atoms with Gasteiger partial charge in [0.1, 0.15) is 5.75 Å². The molecule has 2 aromatic rings. The highest BCUT2D eigenvalue weighted by Gasteiger charge is 2.28. The molecule has 0 spiro atoms. The summed E-state index contributed by atoms with van der Waals surface area (Å²) in [6.07, 6.45) is 0.218. The van der Waals surface area contributed by atoms with E-state index in [4.69, 9.17) is 4.74 Å². The Morgan fingerprint density at radius 1 is 0.893 bits per heavy atom. The minimum absolute atomic E-state index is 0.0868. The molecule has 2 amide bonds. The van der Waals surface area contributed by atoms with Crippen LogP contribution in [0.3, 0.4) is 0 Å². The van der Waals surface area contributed by atoms with Gasteiger partial charge in [-0.3, -0.25) is 9.59 Å².